The van der Waals surface area contributed by atoms with Crippen LogP contribution in [-0.2, 0) is 0 Å². The molecule has 0 radical (unpaired) electrons. The summed E-state index contributed by atoms with van der Waals surface area (Å²) in [6, 6.07) is 0. The van der Waals surface area contributed by atoms with Gasteiger partial charge in [0, 0.05) is 0 Å². The molecule has 0 N–H and O–H groups in total. The van der Waals surface area contributed by atoms with Crippen LogP contribution >= 0.6 is 0 Å². The Balaban J connectivity index is 2.13. The SMILES string of the molecule is C1=CC[C@@H]2C=CC[C@@H]2C1. The highest BCUT2D eigenvalue weighted by atomic mass is 14.3. The molecule has 2 aliphatic carbocycles. The summed E-state index contributed by atoms with van der Waals surface area (Å²) in [6.45, 7) is 0. The van der Waals surface area contributed by atoms with E-state index in [0.717, 1.165) is 11.8 Å². The first-order valence-electron chi connectivity index (χ1n) is 3.78. The molecule has 0 saturated heterocycles. The van der Waals surface area contributed by atoms with E-state index in [1.807, 2.05) is 0 Å². The molecule has 0 fully saturated rings. The number of fused-ring (bicyclic) bond motifs is 1. The Morgan fingerprint density at radius 1 is 0.889 bits per heavy atom. The van der Waals surface area contributed by atoms with Gasteiger partial charge in [-0.1, -0.05) is 24.3 Å². The van der Waals surface area contributed by atoms with E-state index < -0.39 is 0 Å². The third-order valence-electron chi connectivity index (χ3n) is 2.44. The quantitative estimate of drug-likeness (QED) is 0.431. The van der Waals surface area contributed by atoms with Crippen LogP contribution in [-0.4, -0.2) is 0 Å². The van der Waals surface area contributed by atoms with Crippen molar-refractivity contribution in [1.82, 2.24) is 0 Å². The Morgan fingerprint density at radius 3 is 2.56 bits per heavy atom. The minimum Gasteiger partial charge on any atom is -0.0882 e. The fourth-order valence-electron chi connectivity index (χ4n) is 1.83. The lowest BCUT2D eigenvalue weighted by Gasteiger charge is -2.19. The Morgan fingerprint density at radius 2 is 1.67 bits per heavy atom. The molecule has 0 aliphatic heterocycles. The van der Waals surface area contributed by atoms with Crippen molar-refractivity contribution in [3.8, 4) is 0 Å². The third-order valence-corrected chi connectivity index (χ3v) is 2.44. The van der Waals surface area contributed by atoms with Gasteiger partial charge in [-0.3, -0.25) is 0 Å². The molecule has 0 heterocycles. The van der Waals surface area contributed by atoms with Gasteiger partial charge < -0.3 is 0 Å². The van der Waals surface area contributed by atoms with E-state index in [1.165, 1.54) is 19.3 Å². The molecule has 0 saturated carbocycles. The van der Waals surface area contributed by atoms with Crippen molar-refractivity contribution in [3.05, 3.63) is 24.3 Å². The van der Waals surface area contributed by atoms with E-state index in [2.05, 4.69) is 24.3 Å². The van der Waals surface area contributed by atoms with Gasteiger partial charge >= 0.3 is 0 Å². The smallest absolute Gasteiger partial charge is 0.0165 e. The highest BCUT2D eigenvalue weighted by Crippen LogP contribution is 2.33. The summed E-state index contributed by atoms with van der Waals surface area (Å²) in [5, 5.41) is 0. The Kier molecular flexibility index (Phi) is 1.18. The van der Waals surface area contributed by atoms with Crippen LogP contribution in [0.4, 0.5) is 0 Å². The lowest BCUT2D eigenvalue weighted by Crippen LogP contribution is -2.09. The lowest BCUT2D eigenvalue weighted by molar-refractivity contribution is 0.415. The van der Waals surface area contributed by atoms with Gasteiger partial charge in [0.1, 0.15) is 0 Å². The van der Waals surface area contributed by atoms with Crippen LogP contribution in [0.25, 0.3) is 0 Å². The zero-order chi connectivity index (χ0) is 6.10. The summed E-state index contributed by atoms with van der Waals surface area (Å²) in [5.74, 6) is 1.87. The molecule has 0 aromatic carbocycles. The first kappa shape index (κ1) is 5.28. The largest absolute Gasteiger partial charge is 0.0882 e. The second-order valence-corrected chi connectivity index (χ2v) is 3.03. The van der Waals surface area contributed by atoms with Crippen molar-refractivity contribution in [3.63, 3.8) is 0 Å². The normalized spacial score (nSPS) is 39.1. The van der Waals surface area contributed by atoms with Crippen LogP contribution in [0.3, 0.4) is 0 Å². The molecule has 0 amide bonds. The molecule has 9 heavy (non-hydrogen) atoms. The third kappa shape index (κ3) is 0.827. The van der Waals surface area contributed by atoms with Gasteiger partial charge in [0.2, 0.25) is 0 Å². The molecule has 0 aromatic heterocycles. The van der Waals surface area contributed by atoms with Gasteiger partial charge in [-0.05, 0) is 31.1 Å². The van der Waals surface area contributed by atoms with Crippen LogP contribution in [0.2, 0.25) is 0 Å². The van der Waals surface area contributed by atoms with Crippen LogP contribution < -0.4 is 0 Å². The Labute approximate surface area is 56.3 Å². The fourth-order valence-corrected chi connectivity index (χ4v) is 1.83. The number of hydrogen-bond donors (Lipinski definition) is 0. The zero-order valence-corrected chi connectivity index (χ0v) is 5.59. The van der Waals surface area contributed by atoms with E-state index in [1.54, 1.807) is 0 Å². The van der Waals surface area contributed by atoms with E-state index in [9.17, 15) is 0 Å². The van der Waals surface area contributed by atoms with Gasteiger partial charge in [-0.2, -0.15) is 0 Å². The van der Waals surface area contributed by atoms with Gasteiger partial charge in [0.15, 0.2) is 0 Å². The minimum atomic E-state index is 0.898. The summed E-state index contributed by atoms with van der Waals surface area (Å²) >= 11 is 0. The fraction of sp³-hybridized carbons (Fsp3) is 0.556. The predicted octanol–water partition coefficient (Wildman–Crippen LogP) is 2.53. The van der Waals surface area contributed by atoms with Crippen molar-refractivity contribution in [2.45, 2.75) is 19.3 Å². The van der Waals surface area contributed by atoms with Crippen LogP contribution in [0, 0.1) is 11.8 Å². The summed E-state index contributed by atoms with van der Waals surface area (Å²) in [5.41, 5.74) is 0. The minimum absolute atomic E-state index is 0.898. The van der Waals surface area contributed by atoms with Crippen molar-refractivity contribution in [2.24, 2.45) is 11.8 Å². The van der Waals surface area contributed by atoms with Crippen LogP contribution in [0.1, 0.15) is 19.3 Å². The molecule has 2 rings (SSSR count). The van der Waals surface area contributed by atoms with E-state index in [0.29, 0.717) is 0 Å². The topological polar surface area (TPSA) is 0 Å². The Hall–Kier alpha value is -0.520. The van der Waals surface area contributed by atoms with Crippen molar-refractivity contribution < 1.29 is 0 Å². The highest BCUT2D eigenvalue weighted by Gasteiger charge is 2.22. The Bertz CT molecular complexity index is 153. The molecular weight excluding hydrogens is 108 g/mol. The molecule has 0 unspecified atom stereocenters. The van der Waals surface area contributed by atoms with Crippen molar-refractivity contribution >= 4 is 0 Å². The molecule has 0 nitrogen and oxygen atoms in total. The summed E-state index contributed by atoms with van der Waals surface area (Å²) < 4.78 is 0. The molecular formula is C9H12. The van der Waals surface area contributed by atoms with Crippen molar-refractivity contribution in [1.29, 1.82) is 0 Å². The molecule has 2 atom stereocenters. The average molecular weight is 120 g/mol. The first-order chi connectivity index (χ1) is 4.47. The molecule has 48 valence electrons. The lowest BCUT2D eigenvalue weighted by atomic mass is 9.86. The molecule has 2 aliphatic rings. The number of rotatable bonds is 0. The molecule has 0 heteroatoms. The van der Waals surface area contributed by atoms with E-state index in [4.69, 9.17) is 0 Å². The maximum Gasteiger partial charge on any atom is -0.0165 e. The number of hydrogen-bond acceptors (Lipinski definition) is 0. The van der Waals surface area contributed by atoms with Crippen molar-refractivity contribution in [2.75, 3.05) is 0 Å². The van der Waals surface area contributed by atoms with E-state index in [-0.39, 0.29) is 0 Å². The van der Waals surface area contributed by atoms with Gasteiger partial charge in [0.05, 0.1) is 0 Å². The molecule has 0 spiro atoms. The maximum atomic E-state index is 2.38. The molecule has 0 aromatic rings. The first-order valence-corrected chi connectivity index (χ1v) is 3.78. The standard InChI is InChI=1S/C9H12/c1-2-5-9-7-3-6-8(9)4-1/h1-3,6,8-9H,4-5,7H2/t8-,9+/m1/s1. The second-order valence-electron chi connectivity index (χ2n) is 3.03. The summed E-state index contributed by atoms with van der Waals surface area (Å²) in [4.78, 5) is 0. The second kappa shape index (κ2) is 2.02. The summed E-state index contributed by atoms with van der Waals surface area (Å²) in [6.07, 6.45) is 13.3. The van der Waals surface area contributed by atoms with Gasteiger partial charge in [-0.25, -0.2) is 0 Å². The van der Waals surface area contributed by atoms with Gasteiger partial charge in [0.25, 0.3) is 0 Å². The summed E-state index contributed by atoms with van der Waals surface area (Å²) in [7, 11) is 0. The average Bonchev–Trinajstić information content (AvgIpc) is 2.33. The maximum absolute atomic E-state index is 2.38. The predicted molar refractivity (Wildman–Crippen MR) is 39.1 cm³/mol. The zero-order valence-electron chi connectivity index (χ0n) is 5.59. The van der Waals surface area contributed by atoms with Crippen LogP contribution in [0.15, 0.2) is 24.3 Å². The van der Waals surface area contributed by atoms with Gasteiger partial charge in [-0.15, -0.1) is 0 Å². The molecule has 0 bridgehead atoms. The monoisotopic (exact) mass is 120 g/mol. The highest BCUT2D eigenvalue weighted by molar-refractivity contribution is 5.08. The number of allylic oxidation sites excluding steroid dienone is 4. The van der Waals surface area contributed by atoms with Crippen LogP contribution in [0.5, 0.6) is 0 Å². The van der Waals surface area contributed by atoms with E-state index >= 15 is 0 Å².